The number of aromatic nitrogens is 4. The zero-order valence-corrected chi connectivity index (χ0v) is 12.4. The Kier molecular flexibility index (Phi) is 3.54. The Balaban J connectivity index is 1.64. The average Bonchev–Trinajstić information content (AvgIpc) is 2.90. The molecule has 22 heavy (non-hydrogen) atoms. The maximum atomic E-state index is 5.53. The van der Waals surface area contributed by atoms with Crippen molar-refractivity contribution in [2.24, 2.45) is 0 Å². The third-order valence-corrected chi connectivity index (χ3v) is 4.37. The lowest BCUT2D eigenvalue weighted by atomic mass is 10.0. The standard InChI is InChI=1S/C17H18N4O/c1-2-4-6-12(5-3-1)17-20-16(21-22-17)13-7-8-14-15(11-13)19-10-9-18-14/h7-12H,1-6H2. The Labute approximate surface area is 128 Å². The minimum absolute atomic E-state index is 0.420. The fourth-order valence-electron chi connectivity index (χ4n) is 3.15. The third-order valence-electron chi connectivity index (χ3n) is 4.37. The Morgan fingerprint density at radius 1 is 0.909 bits per heavy atom. The molecule has 5 nitrogen and oxygen atoms in total. The number of hydrogen-bond donors (Lipinski definition) is 0. The average molecular weight is 294 g/mol. The van der Waals surface area contributed by atoms with E-state index in [4.69, 9.17) is 4.52 Å². The summed E-state index contributed by atoms with van der Waals surface area (Å²) in [5, 5.41) is 4.16. The van der Waals surface area contributed by atoms with E-state index in [1.165, 1.54) is 25.7 Å². The van der Waals surface area contributed by atoms with E-state index in [-0.39, 0.29) is 0 Å². The summed E-state index contributed by atoms with van der Waals surface area (Å²) in [6.07, 6.45) is 10.9. The zero-order chi connectivity index (χ0) is 14.8. The summed E-state index contributed by atoms with van der Waals surface area (Å²) >= 11 is 0. The highest BCUT2D eigenvalue weighted by Crippen LogP contribution is 2.31. The van der Waals surface area contributed by atoms with Crippen LogP contribution in [0.2, 0.25) is 0 Å². The SMILES string of the molecule is c1cnc2cc(-c3noc(C4CCCCCC4)n3)ccc2n1. The summed E-state index contributed by atoms with van der Waals surface area (Å²) in [5.41, 5.74) is 2.65. The van der Waals surface area contributed by atoms with Crippen LogP contribution < -0.4 is 0 Å². The highest BCUT2D eigenvalue weighted by atomic mass is 16.5. The summed E-state index contributed by atoms with van der Waals surface area (Å²) < 4.78 is 5.53. The Bertz CT molecular complexity index is 775. The lowest BCUT2D eigenvalue weighted by Crippen LogP contribution is -1.97. The van der Waals surface area contributed by atoms with Crippen LogP contribution >= 0.6 is 0 Å². The van der Waals surface area contributed by atoms with Gasteiger partial charge in [0.2, 0.25) is 11.7 Å². The van der Waals surface area contributed by atoms with Crippen molar-refractivity contribution in [3.63, 3.8) is 0 Å². The van der Waals surface area contributed by atoms with E-state index in [2.05, 4.69) is 20.1 Å². The minimum atomic E-state index is 0.420. The van der Waals surface area contributed by atoms with E-state index in [9.17, 15) is 0 Å². The van der Waals surface area contributed by atoms with Gasteiger partial charge in [-0.15, -0.1) is 0 Å². The van der Waals surface area contributed by atoms with Gasteiger partial charge in [-0.25, -0.2) is 0 Å². The third kappa shape index (κ3) is 2.58. The lowest BCUT2D eigenvalue weighted by molar-refractivity contribution is 0.341. The van der Waals surface area contributed by atoms with Gasteiger partial charge < -0.3 is 4.52 Å². The van der Waals surface area contributed by atoms with Crippen LogP contribution in [0, 0.1) is 0 Å². The normalized spacial score (nSPS) is 16.7. The van der Waals surface area contributed by atoms with E-state index in [0.29, 0.717) is 11.7 Å². The van der Waals surface area contributed by atoms with Gasteiger partial charge in [0.05, 0.1) is 11.0 Å². The molecule has 4 rings (SSSR count). The fourth-order valence-corrected chi connectivity index (χ4v) is 3.15. The molecule has 0 amide bonds. The van der Waals surface area contributed by atoms with Gasteiger partial charge >= 0.3 is 0 Å². The Hall–Kier alpha value is -2.30. The van der Waals surface area contributed by atoms with Gasteiger partial charge in [-0.05, 0) is 31.0 Å². The van der Waals surface area contributed by atoms with Crippen LogP contribution in [-0.4, -0.2) is 20.1 Å². The fraction of sp³-hybridized carbons (Fsp3) is 0.412. The molecule has 3 aromatic rings. The van der Waals surface area contributed by atoms with Crippen molar-refractivity contribution < 1.29 is 4.52 Å². The monoisotopic (exact) mass is 294 g/mol. The molecule has 2 heterocycles. The van der Waals surface area contributed by atoms with Crippen molar-refractivity contribution in [3.05, 3.63) is 36.5 Å². The molecule has 2 aromatic heterocycles. The first-order valence-electron chi connectivity index (χ1n) is 7.95. The molecule has 0 spiro atoms. The van der Waals surface area contributed by atoms with Crippen molar-refractivity contribution in [1.82, 2.24) is 20.1 Å². The van der Waals surface area contributed by atoms with Crippen LogP contribution in [0.5, 0.6) is 0 Å². The van der Waals surface area contributed by atoms with Gasteiger partial charge in [0, 0.05) is 23.9 Å². The molecule has 1 aliphatic carbocycles. The number of fused-ring (bicyclic) bond motifs is 1. The Morgan fingerprint density at radius 2 is 1.68 bits per heavy atom. The van der Waals surface area contributed by atoms with E-state index < -0.39 is 0 Å². The molecule has 0 radical (unpaired) electrons. The molecule has 0 aliphatic heterocycles. The molecular formula is C17H18N4O. The summed E-state index contributed by atoms with van der Waals surface area (Å²) in [4.78, 5) is 13.2. The molecule has 0 bridgehead atoms. The van der Waals surface area contributed by atoms with Gasteiger partial charge in [-0.2, -0.15) is 4.98 Å². The van der Waals surface area contributed by atoms with E-state index in [1.807, 2.05) is 18.2 Å². The maximum absolute atomic E-state index is 5.53. The van der Waals surface area contributed by atoms with Gasteiger partial charge in [0.25, 0.3) is 0 Å². The van der Waals surface area contributed by atoms with E-state index in [0.717, 1.165) is 35.3 Å². The summed E-state index contributed by atoms with van der Waals surface area (Å²) in [7, 11) is 0. The number of benzene rings is 1. The van der Waals surface area contributed by atoms with E-state index >= 15 is 0 Å². The maximum Gasteiger partial charge on any atom is 0.230 e. The molecule has 112 valence electrons. The molecule has 5 heteroatoms. The highest BCUT2D eigenvalue weighted by Gasteiger charge is 2.21. The van der Waals surface area contributed by atoms with Crippen molar-refractivity contribution in [1.29, 1.82) is 0 Å². The Morgan fingerprint density at radius 3 is 2.50 bits per heavy atom. The molecule has 1 fully saturated rings. The summed E-state index contributed by atoms with van der Waals surface area (Å²) in [6.45, 7) is 0. The number of nitrogens with zero attached hydrogens (tertiary/aromatic N) is 4. The van der Waals surface area contributed by atoms with Crippen LogP contribution in [0.25, 0.3) is 22.4 Å². The molecule has 0 N–H and O–H groups in total. The zero-order valence-electron chi connectivity index (χ0n) is 12.4. The van der Waals surface area contributed by atoms with Gasteiger partial charge in [-0.3, -0.25) is 9.97 Å². The molecule has 0 atom stereocenters. The van der Waals surface area contributed by atoms with Crippen molar-refractivity contribution in [2.75, 3.05) is 0 Å². The second kappa shape index (κ2) is 5.83. The van der Waals surface area contributed by atoms with Crippen molar-refractivity contribution in [3.8, 4) is 11.4 Å². The smallest absolute Gasteiger partial charge is 0.230 e. The van der Waals surface area contributed by atoms with Crippen LogP contribution in [-0.2, 0) is 0 Å². The predicted molar refractivity (Wildman–Crippen MR) is 83.3 cm³/mol. The molecule has 1 aliphatic rings. The van der Waals surface area contributed by atoms with Crippen LogP contribution in [0.3, 0.4) is 0 Å². The van der Waals surface area contributed by atoms with Crippen molar-refractivity contribution >= 4 is 11.0 Å². The van der Waals surface area contributed by atoms with Crippen LogP contribution in [0.15, 0.2) is 35.1 Å². The van der Waals surface area contributed by atoms with Gasteiger partial charge in [0.1, 0.15) is 0 Å². The number of hydrogen-bond acceptors (Lipinski definition) is 5. The van der Waals surface area contributed by atoms with Gasteiger partial charge in [-0.1, -0.05) is 30.8 Å². The van der Waals surface area contributed by atoms with Crippen LogP contribution in [0.4, 0.5) is 0 Å². The number of rotatable bonds is 2. The summed E-state index contributed by atoms with van der Waals surface area (Å²) in [6, 6.07) is 5.88. The van der Waals surface area contributed by atoms with Crippen LogP contribution in [0.1, 0.15) is 50.3 Å². The first kappa shape index (κ1) is 13.4. The van der Waals surface area contributed by atoms with Gasteiger partial charge in [0.15, 0.2) is 0 Å². The topological polar surface area (TPSA) is 64.7 Å². The molecule has 1 aromatic carbocycles. The van der Waals surface area contributed by atoms with Crippen molar-refractivity contribution in [2.45, 2.75) is 44.4 Å². The highest BCUT2D eigenvalue weighted by molar-refractivity contribution is 5.79. The second-order valence-electron chi connectivity index (χ2n) is 5.90. The molecule has 0 unspecified atom stereocenters. The summed E-state index contributed by atoms with van der Waals surface area (Å²) in [5.74, 6) is 1.85. The molecule has 1 saturated carbocycles. The predicted octanol–water partition coefficient (Wildman–Crippen LogP) is 4.12. The first-order valence-corrected chi connectivity index (χ1v) is 7.95. The first-order chi connectivity index (χ1) is 10.9. The quantitative estimate of drug-likeness (QED) is 0.665. The molecule has 0 saturated heterocycles. The second-order valence-corrected chi connectivity index (χ2v) is 5.90. The lowest BCUT2D eigenvalue weighted by Gasteiger charge is -2.06. The largest absolute Gasteiger partial charge is 0.339 e. The van der Waals surface area contributed by atoms with E-state index in [1.54, 1.807) is 12.4 Å². The molecular weight excluding hydrogens is 276 g/mol. The minimum Gasteiger partial charge on any atom is -0.339 e.